The zero-order valence-electron chi connectivity index (χ0n) is 11.6. The Hall–Kier alpha value is -2.37. The molecule has 3 heteroatoms. The van der Waals surface area contributed by atoms with E-state index in [0.717, 1.165) is 33.3 Å². The van der Waals surface area contributed by atoms with Crippen LogP contribution in [0.4, 0.5) is 0 Å². The largest absolute Gasteiger partial charge is 0.248 e. The van der Waals surface area contributed by atoms with Crippen LogP contribution in [0.1, 0.15) is 16.7 Å². The Bertz CT molecular complexity index is 845. The molecule has 0 aliphatic rings. The quantitative estimate of drug-likeness (QED) is 0.635. The zero-order valence-corrected chi connectivity index (χ0v) is 12.4. The standard InChI is InChI=1S/C18H13ClN2/c1-12-8-16-9-14(11-20)4-7-17(16)21-18(12)15-5-2-13(10-19)3-6-15/h2-9H,10H2,1H3. The summed E-state index contributed by atoms with van der Waals surface area (Å²) >= 11 is 5.82. The molecule has 2 aromatic carbocycles. The van der Waals surface area contributed by atoms with E-state index in [1.165, 1.54) is 0 Å². The maximum atomic E-state index is 8.97. The number of nitriles is 1. The van der Waals surface area contributed by atoms with Gasteiger partial charge in [0.25, 0.3) is 0 Å². The Kier molecular flexibility index (Phi) is 3.60. The lowest BCUT2D eigenvalue weighted by Crippen LogP contribution is -1.91. The maximum Gasteiger partial charge on any atom is 0.0991 e. The number of fused-ring (bicyclic) bond motifs is 1. The average molecular weight is 293 g/mol. The Labute approximate surface area is 128 Å². The number of benzene rings is 2. The molecular weight excluding hydrogens is 280 g/mol. The lowest BCUT2D eigenvalue weighted by atomic mass is 10.0. The molecule has 3 aromatic rings. The van der Waals surface area contributed by atoms with Crippen LogP contribution in [-0.4, -0.2) is 4.98 Å². The highest BCUT2D eigenvalue weighted by molar-refractivity contribution is 6.17. The third-order valence-electron chi connectivity index (χ3n) is 3.52. The van der Waals surface area contributed by atoms with Crippen molar-refractivity contribution in [3.63, 3.8) is 0 Å². The molecule has 21 heavy (non-hydrogen) atoms. The van der Waals surface area contributed by atoms with Gasteiger partial charge in [-0.1, -0.05) is 24.3 Å². The van der Waals surface area contributed by atoms with Crippen LogP contribution >= 0.6 is 11.6 Å². The predicted octanol–water partition coefficient (Wildman–Crippen LogP) is 4.82. The fourth-order valence-corrected chi connectivity index (χ4v) is 2.57. The highest BCUT2D eigenvalue weighted by Gasteiger charge is 2.07. The van der Waals surface area contributed by atoms with E-state index in [9.17, 15) is 0 Å². The minimum absolute atomic E-state index is 0.515. The van der Waals surface area contributed by atoms with Gasteiger partial charge in [-0.25, -0.2) is 4.98 Å². The number of aryl methyl sites for hydroxylation is 1. The minimum Gasteiger partial charge on any atom is -0.248 e. The van der Waals surface area contributed by atoms with E-state index in [0.29, 0.717) is 11.4 Å². The summed E-state index contributed by atoms with van der Waals surface area (Å²) in [6.07, 6.45) is 0. The molecule has 0 saturated carbocycles. The van der Waals surface area contributed by atoms with Crippen LogP contribution in [-0.2, 0) is 5.88 Å². The Morgan fingerprint density at radius 1 is 1.10 bits per heavy atom. The van der Waals surface area contributed by atoms with Crippen molar-refractivity contribution < 1.29 is 0 Å². The molecule has 0 aliphatic heterocycles. The summed E-state index contributed by atoms with van der Waals surface area (Å²) in [4.78, 5) is 4.73. The van der Waals surface area contributed by atoms with Crippen LogP contribution in [0.5, 0.6) is 0 Å². The topological polar surface area (TPSA) is 36.7 Å². The van der Waals surface area contributed by atoms with Gasteiger partial charge in [-0.2, -0.15) is 5.26 Å². The second kappa shape index (κ2) is 5.55. The number of rotatable bonds is 2. The summed E-state index contributed by atoms with van der Waals surface area (Å²) < 4.78 is 0. The lowest BCUT2D eigenvalue weighted by molar-refractivity contribution is 1.32. The molecule has 3 rings (SSSR count). The first-order valence-corrected chi connectivity index (χ1v) is 7.21. The smallest absolute Gasteiger partial charge is 0.0991 e. The summed E-state index contributed by atoms with van der Waals surface area (Å²) in [6, 6.07) is 17.9. The van der Waals surface area contributed by atoms with E-state index in [2.05, 4.69) is 12.1 Å². The number of hydrogen-bond donors (Lipinski definition) is 0. The number of hydrogen-bond acceptors (Lipinski definition) is 2. The van der Waals surface area contributed by atoms with Crippen LogP contribution in [0.15, 0.2) is 48.5 Å². The van der Waals surface area contributed by atoms with E-state index in [-0.39, 0.29) is 0 Å². The number of pyridine rings is 1. The van der Waals surface area contributed by atoms with Gasteiger partial charge in [0.05, 0.1) is 22.8 Å². The van der Waals surface area contributed by atoms with Crippen molar-refractivity contribution in [1.82, 2.24) is 4.98 Å². The molecule has 0 unspecified atom stereocenters. The first-order valence-electron chi connectivity index (χ1n) is 6.68. The van der Waals surface area contributed by atoms with Crippen LogP contribution in [0.25, 0.3) is 22.2 Å². The van der Waals surface area contributed by atoms with E-state index in [1.54, 1.807) is 6.07 Å². The molecule has 0 spiro atoms. The molecule has 1 aromatic heterocycles. The van der Waals surface area contributed by atoms with Gasteiger partial charge in [0, 0.05) is 16.8 Å². The van der Waals surface area contributed by atoms with Gasteiger partial charge >= 0.3 is 0 Å². The summed E-state index contributed by atoms with van der Waals surface area (Å²) in [7, 11) is 0. The van der Waals surface area contributed by atoms with Crippen molar-refractivity contribution in [3.8, 4) is 17.3 Å². The predicted molar refractivity (Wildman–Crippen MR) is 86.2 cm³/mol. The normalized spacial score (nSPS) is 10.5. The summed E-state index contributed by atoms with van der Waals surface area (Å²) in [5, 5.41) is 9.96. The third-order valence-corrected chi connectivity index (χ3v) is 3.82. The first kappa shape index (κ1) is 13.6. The molecule has 0 atom stereocenters. The molecule has 0 amide bonds. The second-order valence-electron chi connectivity index (χ2n) is 5.00. The van der Waals surface area contributed by atoms with Gasteiger partial charge in [0.15, 0.2) is 0 Å². The van der Waals surface area contributed by atoms with Crippen LogP contribution in [0.2, 0.25) is 0 Å². The summed E-state index contributed by atoms with van der Waals surface area (Å²) in [6.45, 7) is 2.04. The van der Waals surface area contributed by atoms with Gasteiger partial charge in [-0.05, 0) is 42.3 Å². The highest BCUT2D eigenvalue weighted by Crippen LogP contribution is 2.26. The zero-order chi connectivity index (χ0) is 14.8. The van der Waals surface area contributed by atoms with Crippen molar-refractivity contribution >= 4 is 22.5 Å². The molecule has 0 N–H and O–H groups in total. The fourth-order valence-electron chi connectivity index (χ4n) is 2.40. The van der Waals surface area contributed by atoms with E-state index < -0.39 is 0 Å². The maximum absolute atomic E-state index is 8.97. The summed E-state index contributed by atoms with van der Waals surface area (Å²) in [5.74, 6) is 0.515. The van der Waals surface area contributed by atoms with Crippen molar-refractivity contribution in [3.05, 3.63) is 65.2 Å². The first-order chi connectivity index (χ1) is 10.2. The minimum atomic E-state index is 0.515. The van der Waals surface area contributed by atoms with Gasteiger partial charge in [-0.15, -0.1) is 11.6 Å². The van der Waals surface area contributed by atoms with Crippen molar-refractivity contribution in [2.24, 2.45) is 0 Å². The van der Waals surface area contributed by atoms with Gasteiger partial charge in [0.2, 0.25) is 0 Å². The molecule has 0 radical (unpaired) electrons. The second-order valence-corrected chi connectivity index (χ2v) is 5.27. The molecule has 0 bridgehead atoms. The van der Waals surface area contributed by atoms with E-state index in [4.69, 9.17) is 21.8 Å². The average Bonchev–Trinajstić information content (AvgIpc) is 2.53. The SMILES string of the molecule is Cc1cc2cc(C#N)ccc2nc1-c1ccc(CCl)cc1. The number of halogens is 1. The lowest BCUT2D eigenvalue weighted by Gasteiger charge is -2.08. The van der Waals surface area contributed by atoms with Gasteiger partial charge in [0.1, 0.15) is 0 Å². The molecule has 2 nitrogen and oxygen atoms in total. The van der Waals surface area contributed by atoms with Crippen LogP contribution in [0.3, 0.4) is 0 Å². The Morgan fingerprint density at radius 3 is 2.52 bits per heavy atom. The fraction of sp³-hybridized carbons (Fsp3) is 0.111. The third kappa shape index (κ3) is 2.61. The molecule has 0 aliphatic carbocycles. The highest BCUT2D eigenvalue weighted by atomic mass is 35.5. The Balaban J connectivity index is 2.14. The molecule has 0 saturated heterocycles. The monoisotopic (exact) mass is 292 g/mol. The van der Waals surface area contributed by atoms with Gasteiger partial charge < -0.3 is 0 Å². The summed E-state index contributed by atoms with van der Waals surface area (Å²) in [5.41, 5.74) is 5.79. The van der Waals surface area contributed by atoms with Crippen molar-refractivity contribution in [1.29, 1.82) is 5.26 Å². The van der Waals surface area contributed by atoms with E-state index >= 15 is 0 Å². The molecule has 1 heterocycles. The van der Waals surface area contributed by atoms with Crippen molar-refractivity contribution in [2.45, 2.75) is 12.8 Å². The Morgan fingerprint density at radius 2 is 1.86 bits per heavy atom. The number of alkyl halides is 1. The number of aromatic nitrogens is 1. The number of nitrogens with zero attached hydrogens (tertiary/aromatic N) is 2. The molecule has 0 fully saturated rings. The van der Waals surface area contributed by atoms with Crippen molar-refractivity contribution in [2.75, 3.05) is 0 Å². The van der Waals surface area contributed by atoms with Gasteiger partial charge in [-0.3, -0.25) is 0 Å². The van der Waals surface area contributed by atoms with Crippen LogP contribution < -0.4 is 0 Å². The molecular formula is C18H13ClN2. The molecule has 102 valence electrons. The van der Waals surface area contributed by atoms with E-state index in [1.807, 2.05) is 43.3 Å². The van der Waals surface area contributed by atoms with Crippen LogP contribution in [0, 0.1) is 18.3 Å².